The Labute approximate surface area is 164 Å². The number of anilines is 1. The predicted octanol–water partition coefficient (Wildman–Crippen LogP) is 4.92. The molecule has 2 aromatic rings. The van der Waals surface area contributed by atoms with Crippen LogP contribution in [0.2, 0.25) is 5.02 Å². The first-order chi connectivity index (χ1) is 12.8. The fourth-order valence-corrected chi connectivity index (χ4v) is 2.67. The van der Waals surface area contributed by atoms with Gasteiger partial charge in [-0.1, -0.05) is 23.7 Å². The van der Waals surface area contributed by atoms with Crippen LogP contribution in [-0.4, -0.2) is 16.7 Å². The number of benzene rings is 1. The van der Waals surface area contributed by atoms with Crippen molar-refractivity contribution in [1.29, 1.82) is 5.26 Å². The lowest BCUT2D eigenvalue weighted by Gasteiger charge is -2.16. The summed E-state index contributed by atoms with van der Waals surface area (Å²) < 4.78 is 0. The van der Waals surface area contributed by atoms with Crippen LogP contribution < -0.4 is 5.32 Å². The Kier molecular flexibility index (Phi) is 7.09. The highest BCUT2D eigenvalue weighted by Gasteiger charge is 2.19. The number of aromatic nitrogens is 1. The monoisotopic (exact) mass is 383 g/mol. The van der Waals surface area contributed by atoms with Crippen molar-refractivity contribution in [3.05, 3.63) is 58.9 Å². The van der Waals surface area contributed by atoms with E-state index in [0.29, 0.717) is 42.1 Å². The Balaban J connectivity index is 1.75. The van der Waals surface area contributed by atoms with Crippen molar-refractivity contribution in [3.63, 3.8) is 0 Å². The summed E-state index contributed by atoms with van der Waals surface area (Å²) in [5, 5.41) is 12.5. The second kappa shape index (κ2) is 9.29. The van der Waals surface area contributed by atoms with Crippen LogP contribution in [0, 0.1) is 11.3 Å². The van der Waals surface area contributed by atoms with Gasteiger partial charge in [-0.25, -0.2) is 0 Å². The van der Waals surface area contributed by atoms with E-state index < -0.39 is 5.41 Å². The van der Waals surface area contributed by atoms with Crippen molar-refractivity contribution in [2.75, 3.05) is 5.32 Å². The standard InChI is InChI=1S/C21H22ClN3O2/c1-21(2,14-23)15-7-9-17(10-8-15)25-20(27)6-4-3-5-19(26)18-13-16(22)11-12-24-18/h7-13H,3-6H2,1-2H3,(H,25,27). The van der Waals surface area contributed by atoms with Crippen LogP contribution in [0.25, 0.3) is 0 Å². The molecule has 0 aliphatic carbocycles. The Hall–Kier alpha value is -2.71. The number of rotatable bonds is 8. The first kappa shape index (κ1) is 20.6. The zero-order chi connectivity index (χ0) is 19.9. The number of halogens is 1. The molecule has 0 spiro atoms. The minimum Gasteiger partial charge on any atom is -0.326 e. The summed E-state index contributed by atoms with van der Waals surface area (Å²) in [6, 6.07) is 12.7. The number of nitriles is 1. The van der Waals surface area contributed by atoms with Gasteiger partial charge in [0.15, 0.2) is 5.78 Å². The number of nitrogens with zero attached hydrogens (tertiary/aromatic N) is 2. The van der Waals surface area contributed by atoms with E-state index in [1.807, 2.05) is 26.0 Å². The molecule has 140 valence electrons. The molecule has 1 amide bonds. The third-order valence-electron chi connectivity index (χ3n) is 4.24. The zero-order valence-corrected chi connectivity index (χ0v) is 16.2. The molecule has 0 radical (unpaired) electrons. The van der Waals surface area contributed by atoms with Crippen LogP contribution in [0.3, 0.4) is 0 Å². The normalized spacial score (nSPS) is 10.9. The highest BCUT2D eigenvalue weighted by molar-refractivity contribution is 6.30. The van der Waals surface area contributed by atoms with Gasteiger partial charge in [-0.2, -0.15) is 5.26 Å². The third-order valence-corrected chi connectivity index (χ3v) is 4.47. The van der Waals surface area contributed by atoms with Crippen LogP contribution in [0.4, 0.5) is 5.69 Å². The highest BCUT2D eigenvalue weighted by Crippen LogP contribution is 2.23. The molecule has 0 saturated carbocycles. The number of hydrogen-bond acceptors (Lipinski definition) is 4. The fourth-order valence-electron chi connectivity index (χ4n) is 2.51. The number of amides is 1. The second-order valence-corrected chi connectivity index (χ2v) is 7.29. The molecule has 1 aromatic carbocycles. The molecule has 0 unspecified atom stereocenters. The maximum Gasteiger partial charge on any atom is 0.224 e. The molecular formula is C21H22ClN3O2. The zero-order valence-electron chi connectivity index (χ0n) is 15.5. The maximum absolute atomic E-state index is 12.0. The molecule has 1 N–H and O–H groups in total. The van der Waals surface area contributed by atoms with Gasteiger partial charge in [0.1, 0.15) is 5.69 Å². The molecule has 27 heavy (non-hydrogen) atoms. The van der Waals surface area contributed by atoms with Gasteiger partial charge in [-0.3, -0.25) is 14.6 Å². The van der Waals surface area contributed by atoms with Gasteiger partial charge < -0.3 is 5.32 Å². The molecular weight excluding hydrogens is 362 g/mol. The fraction of sp³-hybridized carbons (Fsp3) is 0.333. The summed E-state index contributed by atoms with van der Waals surface area (Å²) in [7, 11) is 0. The summed E-state index contributed by atoms with van der Waals surface area (Å²) in [5.41, 5.74) is 1.38. The van der Waals surface area contributed by atoms with E-state index in [1.54, 1.807) is 24.3 Å². The van der Waals surface area contributed by atoms with E-state index in [-0.39, 0.29) is 11.7 Å². The number of Topliss-reactive ketones (excluding diaryl/α,β-unsaturated/α-hetero) is 1. The Morgan fingerprint density at radius 1 is 1.15 bits per heavy atom. The molecule has 0 fully saturated rings. The number of pyridine rings is 1. The van der Waals surface area contributed by atoms with Crippen molar-refractivity contribution in [2.45, 2.75) is 44.9 Å². The number of hydrogen-bond donors (Lipinski definition) is 1. The van der Waals surface area contributed by atoms with Crippen LogP contribution in [0.1, 0.15) is 55.6 Å². The van der Waals surface area contributed by atoms with E-state index >= 15 is 0 Å². The number of ketones is 1. The van der Waals surface area contributed by atoms with Gasteiger partial charge in [-0.15, -0.1) is 0 Å². The van der Waals surface area contributed by atoms with Crippen molar-refractivity contribution in [3.8, 4) is 6.07 Å². The molecule has 0 aliphatic heterocycles. The molecule has 0 saturated heterocycles. The van der Waals surface area contributed by atoms with Gasteiger partial charge in [0.05, 0.1) is 11.5 Å². The largest absolute Gasteiger partial charge is 0.326 e. The minimum absolute atomic E-state index is 0.0754. The molecule has 0 bridgehead atoms. The van der Waals surface area contributed by atoms with Gasteiger partial charge in [0.25, 0.3) is 0 Å². The topological polar surface area (TPSA) is 82.9 Å². The van der Waals surface area contributed by atoms with Crippen molar-refractivity contribution in [2.24, 2.45) is 0 Å². The van der Waals surface area contributed by atoms with Crippen LogP contribution in [-0.2, 0) is 10.2 Å². The molecule has 0 atom stereocenters. The lowest BCUT2D eigenvalue weighted by molar-refractivity contribution is -0.116. The SMILES string of the molecule is CC(C)(C#N)c1ccc(NC(=O)CCCCC(=O)c2cc(Cl)ccn2)cc1. The van der Waals surface area contributed by atoms with E-state index in [1.165, 1.54) is 6.20 Å². The maximum atomic E-state index is 12.0. The smallest absolute Gasteiger partial charge is 0.224 e. The van der Waals surface area contributed by atoms with Gasteiger partial charge >= 0.3 is 0 Å². The summed E-state index contributed by atoms with van der Waals surface area (Å²) in [6.45, 7) is 3.70. The highest BCUT2D eigenvalue weighted by atomic mass is 35.5. The Bertz CT molecular complexity index is 854. The van der Waals surface area contributed by atoms with Crippen LogP contribution in [0.15, 0.2) is 42.6 Å². The Morgan fingerprint density at radius 2 is 1.81 bits per heavy atom. The van der Waals surface area contributed by atoms with Crippen molar-refractivity contribution >= 4 is 29.0 Å². The lowest BCUT2D eigenvalue weighted by Crippen LogP contribution is -2.14. The number of carbonyl (C=O) groups is 2. The van der Waals surface area contributed by atoms with E-state index in [2.05, 4.69) is 16.4 Å². The molecule has 1 heterocycles. The van der Waals surface area contributed by atoms with E-state index in [0.717, 1.165) is 5.56 Å². The van der Waals surface area contributed by atoms with Crippen LogP contribution >= 0.6 is 11.6 Å². The van der Waals surface area contributed by atoms with Crippen molar-refractivity contribution in [1.82, 2.24) is 4.98 Å². The molecule has 1 aromatic heterocycles. The van der Waals surface area contributed by atoms with Gasteiger partial charge in [0, 0.05) is 29.7 Å². The molecule has 5 nitrogen and oxygen atoms in total. The second-order valence-electron chi connectivity index (χ2n) is 6.85. The van der Waals surface area contributed by atoms with E-state index in [4.69, 9.17) is 16.9 Å². The van der Waals surface area contributed by atoms with Gasteiger partial charge in [-0.05, 0) is 56.5 Å². The quantitative estimate of drug-likeness (QED) is 0.518. The molecule has 6 heteroatoms. The van der Waals surface area contributed by atoms with Crippen LogP contribution in [0.5, 0.6) is 0 Å². The lowest BCUT2D eigenvalue weighted by atomic mass is 9.86. The summed E-state index contributed by atoms with van der Waals surface area (Å²) >= 11 is 5.85. The van der Waals surface area contributed by atoms with E-state index in [9.17, 15) is 9.59 Å². The van der Waals surface area contributed by atoms with Gasteiger partial charge in [0.2, 0.25) is 5.91 Å². The third kappa shape index (κ3) is 6.19. The van der Waals surface area contributed by atoms with Crippen molar-refractivity contribution < 1.29 is 9.59 Å². The minimum atomic E-state index is -0.563. The molecule has 2 rings (SSSR count). The summed E-state index contributed by atoms with van der Waals surface area (Å²) in [4.78, 5) is 28.1. The summed E-state index contributed by atoms with van der Waals surface area (Å²) in [6.07, 6.45) is 3.39. The predicted molar refractivity (Wildman–Crippen MR) is 106 cm³/mol. The first-order valence-corrected chi connectivity index (χ1v) is 9.16. The summed E-state index contributed by atoms with van der Waals surface area (Å²) in [5.74, 6) is -0.177. The first-order valence-electron chi connectivity index (χ1n) is 8.78. The average molecular weight is 384 g/mol. The number of carbonyl (C=O) groups excluding carboxylic acids is 2. The number of nitrogens with one attached hydrogen (secondary N) is 1. The molecule has 0 aliphatic rings. The Morgan fingerprint density at radius 3 is 2.44 bits per heavy atom. The average Bonchev–Trinajstić information content (AvgIpc) is 2.65. The number of unbranched alkanes of at least 4 members (excludes halogenated alkanes) is 1.